The Morgan fingerprint density at radius 2 is 2.35 bits per heavy atom. The van der Waals surface area contributed by atoms with Crippen LogP contribution in [-0.4, -0.2) is 37.5 Å². The largest absolute Gasteiger partial charge is 0.354 e. The van der Waals surface area contributed by atoms with E-state index in [0.717, 1.165) is 25.9 Å². The molecule has 0 aromatic heterocycles. The summed E-state index contributed by atoms with van der Waals surface area (Å²) in [5.41, 5.74) is 1.40. The van der Waals surface area contributed by atoms with Crippen LogP contribution in [0.25, 0.3) is 0 Å². The van der Waals surface area contributed by atoms with Crippen LogP contribution in [-0.2, 0) is 9.59 Å². The summed E-state index contributed by atoms with van der Waals surface area (Å²) in [5.74, 6) is -0.0726. The summed E-state index contributed by atoms with van der Waals surface area (Å²) in [5, 5.41) is 8.80. The van der Waals surface area contributed by atoms with Crippen LogP contribution in [0.5, 0.6) is 0 Å². The topological polar surface area (TPSA) is 70.2 Å². The van der Waals surface area contributed by atoms with Gasteiger partial charge in [0.25, 0.3) is 0 Å². The fourth-order valence-corrected chi connectivity index (χ4v) is 2.18. The molecule has 1 unspecified atom stereocenters. The van der Waals surface area contributed by atoms with Crippen LogP contribution in [0, 0.1) is 0 Å². The van der Waals surface area contributed by atoms with Gasteiger partial charge in [-0.15, -0.1) is 0 Å². The van der Waals surface area contributed by atoms with E-state index in [2.05, 4.69) is 22.0 Å². The molecule has 0 saturated carbocycles. The summed E-state index contributed by atoms with van der Waals surface area (Å²) in [6, 6.07) is -0.315. The minimum Gasteiger partial charge on any atom is -0.354 e. The zero-order valence-corrected chi connectivity index (χ0v) is 9.92. The average Bonchev–Trinajstić information content (AvgIpc) is 2.77. The maximum atomic E-state index is 11.7. The zero-order chi connectivity index (χ0) is 12.1. The van der Waals surface area contributed by atoms with Crippen molar-refractivity contribution in [2.24, 2.45) is 0 Å². The SMILES string of the molecule is O=C1CCC(C(=O)NCCC2=CCNCC2)N1. The van der Waals surface area contributed by atoms with Gasteiger partial charge in [0.15, 0.2) is 0 Å². The highest BCUT2D eigenvalue weighted by Crippen LogP contribution is 2.09. The standard InChI is InChI=1S/C12H19N3O2/c16-11-2-1-10(15-11)12(17)14-8-5-9-3-6-13-7-4-9/h3,10,13H,1-2,4-8H2,(H,14,17)(H,15,16). The molecule has 2 aliphatic rings. The van der Waals surface area contributed by atoms with E-state index in [-0.39, 0.29) is 17.9 Å². The Bertz CT molecular complexity index is 339. The van der Waals surface area contributed by atoms with Gasteiger partial charge in [-0.25, -0.2) is 0 Å². The van der Waals surface area contributed by atoms with Crippen LogP contribution in [0.2, 0.25) is 0 Å². The predicted molar refractivity (Wildman–Crippen MR) is 64.4 cm³/mol. The van der Waals surface area contributed by atoms with Gasteiger partial charge in [-0.3, -0.25) is 9.59 Å². The van der Waals surface area contributed by atoms with Crippen molar-refractivity contribution in [2.45, 2.75) is 31.7 Å². The molecule has 0 aliphatic carbocycles. The van der Waals surface area contributed by atoms with Crippen molar-refractivity contribution in [3.05, 3.63) is 11.6 Å². The number of hydrogen-bond donors (Lipinski definition) is 3. The molecule has 3 N–H and O–H groups in total. The van der Waals surface area contributed by atoms with Crippen LogP contribution in [0.15, 0.2) is 11.6 Å². The van der Waals surface area contributed by atoms with E-state index in [9.17, 15) is 9.59 Å². The molecular formula is C12H19N3O2. The number of carbonyl (C=O) groups is 2. The zero-order valence-electron chi connectivity index (χ0n) is 9.92. The minimum atomic E-state index is -0.315. The molecule has 5 heteroatoms. The third kappa shape index (κ3) is 3.56. The van der Waals surface area contributed by atoms with Crippen LogP contribution < -0.4 is 16.0 Å². The summed E-state index contributed by atoms with van der Waals surface area (Å²) < 4.78 is 0. The third-order valence-electron chi connectivity index (χ3n) is 3.22. The molecule has 0 aromatic rings. The summed E-state index contributed by atoms with van der Waals surface area (Å²) in [4.78, 5) is 22.6. The number of rotatable bonds is 4. The molecule has 1 saturated heterocycles. The number of carbonyl (C=O) groups excluding carboxylic acids is 2. The normalized spacial score (nSPS) is 24.1. The van der Waals surface area contributed by atoms with Gasteiger partial charge in [-0.2, -0.15) is 0 Å². The highest BCUT2D eigenvalue weighted by atomic mass is 16.2. The second kappa shape index (κ2) is 5.82. The van der Waals surface area contributed by atoms with E-state index in [0.29, 0.717) is 19.4 Å². The molecule has 94 valence electrons. The maximum Gasteiger partial charge on any atom is 0.242 e. The van der Waals surface area contributed by atoms with Crippen molar-refractivity contribution in [2.75, 3.05) is 19.6 Å². The first kappa shape index (κ1) is 12.1. The molecule has 0 radical (unpaired) electrons. The number of nitrogens with one attached hydrogen (secondary N) is 3. The van der Waals surface area contributed by atoms with Crippen molar-refractivity contribution in [3.63, 3.8) is 0 Å². The van der Waals surface area contributed by atoms with Gasteiger partial charge in [-0.05, 0) is 25.8 Å². The molecule has 1 fully saturated rings. The van der Waals surface area contributed by atoms with Crippen LogP contribution in [0.1, 0.15) is 25.7 Å². The first-order chi connectivity index (χ1) is 8.25. The van der Waals surface area contributed by atoms with Gasteiger partial charge >= 0.3 is 0 Å². The van der Waals surface area contributed by atoms with E-state index in [4.69, 9.17) is 0 Å². The first-order valence-electron chi connectivity index (χ1n) is 6.21. The Hall–Kier alpha value is -1.36. The number of amides is 2. The van der Waals surface area contributed by atoms with Crippen LogP contribution in [0.4, 0.5) is 0 Å². The summed E-state index contributed by atoms with van der Waals surface area (Å²) in [7, 11) is 0. The van der Waals surface area contributed by atoms with Crippen molar-refractivity contribution in [3.8, 4) is 0 Å². The monoisotopic (exact) mass is 237 g/mol. The smallest absolute Gasteiger partial charge is 0.242 e. The van der Waals surface area contributed by atoms with Crippen LogP contribution >= 0.6 is 0 Å². The molecule has 0 spiro atoms. The van der Waals surface area contributed by atoms with Crippen LogP contribution in [0.3, 0.4) is 0 Å². The summed E-state index contributed by atoms with van der Waals surface area (Å²) >= 11 is 0. The lowest BCUT2D eigenvalue weighted by Gasteiger charge is -2.15. The molecule has 0 aromatic carbocycles. The average molecular weight is 237 g/mol. The molecule has 2 amide bonds. The summed E-state index contributed by atoms with van der Waals surface area (Å²) in [6.45, 7) is 2.62. The van der Waals surface area contributed by atoms with Crippen molar-refractivity contribution in [1.29, 1.82) is 0 Å². The van der Waals surface area contributed by atoms with E-state index in [1.807, 2.05) is 0 Å². The Kier molecular flexibility index (Phi) is 4.14. The van der Waals surface area contributed by atoms with Gasteiger partial charge in [0.1, 0.15) is 6.04 Å². The van der Waals surface area contributed by atoms with Gasteiger partial charge in [0.05, 0.1) is 0 Å². The molecule has 5 nitrogen and oxygen atoms in total. The Labute approximate surface area is 101 Å². The lowest BCUT2D eigenvalue weighted by Crippen LogP contribution is -2.42. The molecular weight excluding hydrogens is 218 g/mol. The first-order valence-corrected chi connectivity index (χ1v) is 6.21. The predicted octanol–water partition coefficient (Wildman–Crippen LogP) is -0.309. The van der Waals surface area contributed by atoms with E-state index >= 15 is 0 Å². The molecule has 2 aliphatic heterocycles. The van der Waals surface area contributed by atoms with Crippen molar-refractivity contribution >= 4 is 11.8 Å². The Morgan fingerprint density at radius 1 is 1.47 bits per heavy atom. The third-order valence-corrected chi connectivity index (χ3v) is 3.22. The molecule has 2 rings (SSSR count). The number of hydrogen-bond acceptors (Lipinski definition) is 3. The Morgan fingerprint density at radius 3 is 3.00 bits per heavy atom. The highest BCUT2D eigenvalue weighted by Gasteiger charge is 2.26. The second-order valence-electron chi connectivity index (χ2n) is 4.52. The van der Waals surface area contributed by atoms with Gasteiger partial charge in [0.2, 0.25) is 11.8 Å². The van der Waals surface area contributed by atoms with Gasteiger partial charge in [0, 0.05) is 19.5 Å². The van der Waals surface area contributed by atoms with E-state index < -0.39 is 0 Å². The highest BCUT2D eigenvalue weighted by molar-refractivity contribution is 5.90. The lowest BCUT2D eigenvalue weighted by atomic mass is 10.1. The van der Waals surface area contributed by atoms with E-state index in [1.165, 1.54) is 5.57 Å². The fraction of sp³-hybridized carbons (Fsp3) is 0.667. The molecule has 17 heavy (non-hydrogen) atoms. The molecule has 0 bridgehead atoms. The summed E-state index contributed by atoms with van der Waals surface area (Å²) in [6.07, 6.45) is 5.25. The van der Waals surface area contributed by atoms with Crippen molar-refractivity contribution in [1.82, 2.24) is 16.0 Å². The quantitative estimate of drug-likeness (QED) is 0.587. The van der Waals surface area contributed by atoms with Gasteiger partial charge < -0.3 is 16.0 Å². The molecule has 2 heterocycles. The second-order valence-corrected chi connectivity index (χ2v) is 4.52. The van der Waals surface area contributed by atoms with E-state index in [1.54, 1.807) is 0 Å². The van der Waals surface area contributed by atoms with Gasteiger partial charge in [-0.1, -0.05) is 11.6 Å². The minimum absolute atomic E-state index is 0.0220. The molecule has 1 atom stereocenters. The Balaban J connectivity index is 1.66. The van der Waals surface area contributed by atoms with Crippen molar-refractivity contribution < 1.29 is 9.59 Å². The maximum absolute atomic E-state index is 11.7. The fourth-order valence-electron chi connectivity index (χ4n) is 2.18. The lowest BCUT2D eigenvalue weighted by molar-refractivity contribution is -0.125.